The van der Waals surface area contributed by atoms with Gasteiger partial charge in [0.15, 0.2) is 5.78 Å². The summed E-state index contributed by atoms with van der Waals surface area (Å²) in [6.07, 6.45) is -4.63. The molecule has 0 saturated heterocycles. The second-order valence-corrected chi connectivity index (χ2v) is 6.32. The Hall–Kier alpha value is -3.13. The zero-order valence-electron chi connectivity index (χ0n) is 14.3. The first kappa shape index (κ1) is 19.6. The fraction of sp³-hybridized carbons (Fsp3) is 0.105. The Balaban J connectivity index is 1.89. The maximum absolute atomic E-state index is 12.9. The first-order valence-corrected chi connectivity index (χ1v) is 8.31. The summed E-state index contributed by atoms with van der Waals surface area (Å²) in [7, 11) is 0. The molecule has 0 unspecified atom stereocenters. The molecule has 0 aliphatic carbocycles. The molecule has 1 N–H and O–H groups in total. The van der Waals surface area contributed by atoms with Crippen LogP contribution in [-0.2, 0) is 15.8 Å². The van der Waals surface area contributed by atoms with Crippen LogP contribution in [-0.4, -0.2) is 17.6 Å². The molecule has 0 saturated carbocycles. The van der Waals surface area contributed by atoms with Crippen LogP contribution in [0.2, 0.25) is 0 Å². The third-order valence-corrected chi connectivity index (χ3v) is 4.37. The van der Waals surface area contributed by atoms with Crippen molar-refractivity contribution in [3.8, 4) is 0 Å². The van der Waals surface area contributed by atoms with E-state index >= 15 is 0 Å². The van der Waals surface area contributed by atoms with Gasteiger partial charge in [0.05, 0.1) is 11.3 Å². The van der Waals surface area contributed by atoms with Gasteiger partial charge in [0.25, 0.3) is 11.8 Å². The van der Waals surface area contributed by atoms with Crippen molar-refractivity contribution in [3.63, 3.8) is 0 Å². The Labute approximate surface area is 162 Å². The molecule has 0 fully saturated rings. The second kappa shape index (κ2) is 7.12. The Bertz CT molecular complexity index is 1010. The third-order valence-electron chi connectivity index (χ3n) is 4.02. The lowest BCUT2D eigenvalue weighted by Gasteiger charge is -2.17. The summed E-state index contributed by atoms with van der Waals surface area (Å²) in [6.45, 7) is 1.40. The van der Waals surface area contributed by atoms with E-state index in [1.54, 1.807) is 0 Å². The third kappa shape index (κ3) is 3.63. The molecule has 28 heavy (non-hydrogen) atoms. The molecule has 2 aromatic rings. The maximum atomic E-state index is 12.9. The zero-order valence-corrected chi connectivity index (χ0v) is 15.1. The fourth-order valence-electron chi connectivity index (χ4n) is 2.60. The Kier molecular flexibility index (Phi) is 4.99. The molecule has 1 aliphatic heterocycles. The topological polar surface area (TPSA) is 66.5 Å². The first-order chi connectivity index (χ1) is 13.1. The Morgan fingerprint density at radius 1 is 1.04 bits per heavy atom. The lowest BCUT2D eigenvalue weighted by Crippen LogP contribution is -2.32. The number of halogens is 4. The number of amides is 2. The van der Waals surface area contributed by atoms with Gasteiger partial charge >= 0.3 is 6.18 Å². The molecule has 0 aromatic heterocycles. The van der Waals surface area contributed by atoms with Crippen LogP contribution >= 0.6 is 11.6 Å². The number of ketones is 1. The van der Waals surface area contributed by atoms with Crippen LogP contribution in [0.4, 0.5) is 24.5 Å². The summed E-state index contributed by atoms with van der Waals surface area (Å²) in [5.74, 6) is -1.97. The van der Waals surface area contributed by atoms with Crippen LogP contribution in [0.15, 0.2) is 59.3 Å². The number of alkyl halides is 3. The molecule has 1 aliphatic rings. The van der Waals surface area contributed by atoms with Crippen molar-refractivity contribution in [3.05, 3.63) is 70.4 Å². The highest BCUT2D eigenvalue weighted by Gasteiger charge is 2.40. The Morgan fingerprint density at radius 3 is 2.25 bits per heavy atom. The van der Waals surface area contributed by atoms with E-state index in [1.165, 1.54) is 37.3 Å². The number of carbonyl (C=O) groups is 3. The summed E-state index contributed by atoms with van der Waals surface area (Å²) >= 11 is 5.96. The lowest BCUT2D eigenvalue weighted by atomic mass is 10.1. The molecule has 5 nitrogen and oxygen atoms in total. The normalized spacial score (nSPS) is 14.7. The van der Waals surface area contributed by atoms with Gasteiger partial charge in [-0.15, -0.1) is 0 Å². The van der Waals surface area contributed by atoms with Crippen molar-refractivity contribution >= 4 is 40.6 Å². The van der Waals surface area contributed by atoms with Gasteiger partial charge in [-0.05, 0) is 49.4 Å². The first-order valence-electron chi connectivity index (χ1n) is 7.93. The molecule has 0 spiro atoms. The van der Waals surface area contributed by atoms with E-state index in [0.29, 0.717) is 22.2 Å². The Morgan fingerprint density at radius 2 is 1.68 bits per heavy atom. The van der Waals surface area contributed by atoms with E-state index in [-0.39, 0.29) is 17.2 Å². The highest BCUT2D eigenvalue weighted by atomic mass is 35.5. The molecule has 9 heteroatoms. The molecular weight excluding hydrogens is 397 g/mol. The number of rotatable bonds is 4. The SMILES string of the molecule is CC(=O)c1ccc(NC2=C(Cl)C(=O)N(c3cccc(C(F)(F)F)c3)C2=O)cc1. The van der Waals surface area contributed by atoms with E-state index in [2.05, 4.69) is 5.32 Å². The van der Waals surface area contributed by atoms with Crippen molar-refractivity contribution in [2.24, 2.45) is 0 Å². The highest BCUT2D eigenvalue weighted by Crippen LogP contribution is 2.35. The standard InChI is InChI=1S/C19H12ClF3N2O3/c1-10(26)11-5-7-13(8-6-11)24-16-15(20)17(27)25(18(16)28)14-4-2-3-12(9-14)19(21,22)23/h2-9,24H,1H3. The van der Waals surface area contributed by atoms with Crippen LogP contribution in [0.5, 0.6) is 0 Å². The van der Waals surface area contributed by atoms with Crippen LogP contribution in [0.3, 0.4) is 0 Å². The minimum Gasteiger partial charge on any atom is -0.350 e. The number of hydrogen-bond donors (Lipinski definition) is 1. The molecule has 0 atom stereocenters. The maximum Gasteiger partial charge on any atom is 0.416 e. The van der Waals surface area contributed by atoms with E-state index < -0.39 is 28.6 Å². The number of nitrogens with one attached hydrogen (secondary N) is 1. The summed E-state index contributed by atoms with van der Waals surface area (Å²) in [5.41, 5.74) is -0.676. The van der Waals surface area contributed by atoms with Crippen molar-refractivity contribution in [2.75, 3.05) is 10.2 Å². The van der Waals surface area contributed by atoms with E-state index in [9.17, 15) is 27.6 Å². The summed E-state index contributed by atoms with van der Waals surface area (Å²) in [4.78, 5) is 36.9. The van der Waals surface area contributed by atoms with Crippen LogP contribution in [0.25, 0.3) is 0 Å². The predicted molar refractivity (Wildman–Crippen MR) is 96.9 cm³/mol. The average Bonchev–Trinajstić information content (AvgIpc) is 2.85. The number of Topliss-reactive ketones (excluding diaryl/α,β-unsaturated/α-hetero) is 1. The molecule has 2 amide bonds. The molecule has 0 radical (unpaired) electrons. The molecule has 3 rings (SSSR count). The van der Waals surface area contributed by atoms with E-state index in [1.807, 2.05) is 0 Å². The van der Waals surface area contributed by atoms with Crippen molar-refractivity contribution in [1.29, 1.82) is 0 Å². The van der Waals surface area contributed by atoms with Gasteiger partial charge in [-0.25, -0.2) is 4.90 Å². The predicted octanol–water partition coefficient (Wildman–Crippen LogP) is 4.34. The van der Waals surface area contributed by atoms with Crippen molar-refractivity contribution < 1.29 is 27.6 Å². The van der Waals surface area contributed by atoms with Gasteiger partial charge in [0.2, 0.25) is 0 Å². The number of carbonyl (C=O) groups excluding carboxylic acids is 3. The summed E-state index contributed by atoms with van der Waals surface area (Å²) < 4.78 is 38.8. The van der Waals surface area contributed by atoms with Gasteiger partial charge in [0, 0.05) is 11.3 Å². The minimum atomic E-state index is -4.63. The smallest absolute Gasteiger partial charge is 0.350 e. The van der Waals surface area contributed by atoms with Crippen LogP contribution in [0.1, 0.15) is 22.8 Å². The summed E-state index contributed by atoms with van der Waals surface area (Å²) in [6, 6.07) is 9.90. The van der Waals surface area contributed by atoms with Gasteiger partial charge in [0.1, 0.15) is 10.7 Å². The fourth-order valence-corrected chi connectivity index (χ4v) is 2.81. The lowest BCUT2D eigenvalue weighted by molar-refractivity contribution is -0.137. The number of imide groups is 1. The molecule has 144 valence electrons. The quantitative estimate of drug-likeness (QED) is 0.603. The zero-order chi connectivity index (χ0) is 20.6. The van der Waals surface area contributed by atoms with E-state index in [4.69, 9.17) is 11.6 Å². The van der Waals surface area contributed by atoms with Gasteiger partial charge in [-0.3, -0.25) is 14.4 Å². The average molecular weight is 409 g/mol. The largest absolute Gasteiger partial charge is 0.416 e. The number of hydrogen-bond acceptors (Lipinski definition) is 4. The molecule has 2 aromatic carbocycles. The molecule has 1 heterocycles. The van der Waals surface area contributed by atoms with Gasteiger partial charge in [-0.1, -0.05) is 17.7 Å². The minimum absolute atomic E-state index is 0.147. The summed E-state index contributed by atoms with van der Waals surface area (Å²) in [5, 5.41) is 2.24. The number of anilines is 2. The van der Waals surface area contributed by atoms with E-state index in [0.717, 1.165) is 12.1 Å². The van der Waals surface area contributed by atoms with Crippen molar-refractivity contribution in [1.82, 2.24) is 0 Å². The molecular formula is C19H12ClF3N2O3. The monoisotopic (exact) mass is 408 g/mol. The van der Waals surface area contributed by atoms with Crippen LogP contribution < -0.4 is 10.2 Å². The molecule has 0 bridgehead atoms. The number of nitrogens with zero attached hydrogens (tertiary/aromatic N) is 1. The highest BCUT2D eigenvalue weighted by molar-refractivity contribution is 6.53. The van der Waals surface area contributed by atoms with Crippen molar-refractivity contribution in [2.45, 2.75) is 13.1 Å². The van der Waals surface area contributed by atoms with Crippen LogP contribution in [0, 0.1) is 0 Å². The second-order valence-electron chi connectivity index (χ2n) is 5.94. The van der Waals surface area contributed by atoms with Gasteiger partial charge in [-0.2, -0.15) is 13.2 Å². The number of benzene rings is 2. The van der Waals surface area contributed by atoms with Gasteiger partial charge < -0.3 is 5.32 Å².